The van der Waals surface area contributed by atoms with E-state index in [0.717, 1.165) is 37.7 Å². The maximum Gasteiger partial charge on any atom is 0.239 e. The van der Waals surface area contributed by atoms with Gasteiger partial charge < -0.3 is 0 Å². The monoisotopic (exact) mass is 422 g/mol. The van der Waals surface area contributed by atoms with Crippen LogP contribution in [0.15, 0.2) is 11.1 Å². The lowest BCUT2D eigenvalue weighted by atomic mass is 9.72. The topological polar surface area (TPSA) is 61.2 Å². The molecule has 0 spiro atoms. The molecule has 0 N–H and O–H groups in total. The number of nitrogens with zero attached hydrogens (tertiary/aromatic N) is 2. The van der Waals surface area contributed by atoms with E-state index in [-0.39, 0.29) is 40.9 Å². The van der Waals surface area contributed by atoms with Crippen molar-refractivity contribution in [3.63, 3.8) is 0 Å². The first kappa shape index (κ1) is 20.0. The standard InChI is InChI=1S/C25H30N2O2S/c1-12(2)19-15-8-9-16(19)21-20(15)22(28)27(23(21)29)24-17(11-26)14-7-6-13(25(3,4)5)10-18(14)30-24/h13,15-16,20-21H,6-10H2,1-5H3/t13-,15-,16-,20-,21+/m1/s1. The molecule has 30 heavy (non-hydrogen) atoms. The minimum atomic E-state index is -0.214. The number of carbonyl (C=O) groups is 2. The minimum absolute atomic E-state index is 0.0570. The van der Waals surface area contributed by atoms with Gasteiger partial charge in [-0.05, 0) is 74.7 Å². The fraction of sp³-hybridized carbons (Fsp3) is 0.640. The molecule has 0 radical (unpaired) electrons. The number of allylic oxidation sites excluding steroid dienone is 2. The van der Waals surface area contributed by atoms with Crippen LogP contribution in [0.4, 0.5) is 5.00 Å². The minimum Gasteiger partial charge on any atom is -0.274 e. The highest BCUT2D eigenvalue weighted by Gasteiger charge is 2.64. The zero-order chi connectivity index (χ0) is 21.5. The molecule has 5 heteroatoms. The average Bonchev–Trinajstić information content (AvgIpc) is 3.39. The molecule has 5 rings (SSSR count). The van der Waals surface area contributed by atoms with Crippen LogP contribution in [0.25, 0.3) is 0 Å². The van der Waals surface area contributed by atoms with Crippen LogP contribution >= 0.6 is 11.3 Å². The predicted molar refractivity (Wildman–Crippen MR) is 118 cm³/mol. The van der Waals surface area contributed by atoms with Gasteiger partial charge in [-0.15, -0.1) is 11.3 Å². The second-order valence-electron chi connectivity index (χ2n) is 10.9. The summed E-state index contributed by atoms with van der Waals surface area (Å²) in [5.41, 5.74) is 4.53. The Bertz CT molecular complexity index is 999. The van der Waals surface area contributed by atoms with E-state index >= 15 is 0 Å². The fourth-order valence-electron chi connectivity index (χ4n) is 6.78. The molecule has 4 aliphatic rings. The quantitative estimate of drug-likeness (QED) is 0.458. The molecule has 0 unspecified atom stereocenters. The van der Waals surface area contributed by atoms with E-state index in [2.05, 4.69) is 40.7 Å². The van der Waals surface area contributed by atoms with Crippen molar-refractivity contribution in [3.8, 4) is 6.07 Å². The Morgan fingerprint density at radius 1 is 1.07 bits per heavy atom. The van der Waals surface area contributed by atoms with Gasteiger partial charge in [0.2, 0.25) is 11.8 Å². The molecule has 3 aliphatic carbocycles. The van der Waals surface area contributed by atoms with Crippen LogP contribution in [0.5, 0.6) is 0 Å². The lowest BCUT2D eigenvalue weighted by molar-refractivity contribution is -0.122. The molecule has 0 aromatic carbocycles. The van der Waals surface area contributed by atoms with E-state index in [0.29, 0.717) is 16.5 Å². The lowest BCUT2D eigenvalue weighted by Gasteiger charge is -2.33. The highest BCUT2D eigenvalue weighted by atomic mass is 32.1. The van der Waals surface area contributed by atoms with Crippen molar-refractivity contribution in [2.75, 3.05) is 4.90 Å². The van der Waals surface area contributed by atoms with E-state index in [1.54, 1.807) is 0 Å². The molecule has 2 amide bonds. The number of fused-ring (bicyclic) bond motifs is 6. The molecular weight excluding hydrogens is 392 g/mol. The Morgan fingerprint density at radius 2 is 1.67 bits per heavy atom. The van der Waals surface area contributed by atoms with Crippen molar-refractivity contribution in [3.05, 3.63) is 27.2 Å². The summed E-state index contributed by atoms with van der Waals surface area (Å²) in [4.78, 5) is 29.7. The second-order valence-corrected chi connectivity index (χ2v) is 12.0. The van der Waals surface area contributed by atoms with Gasteiger partial charge in [0.25, 0.3) is 0 Å². The van der Waals surface area contributed by atoms with Gasteiger partial charge in [-0.2, -0.15) is 5.26 Å². The molecule has 2 heterocycles. The lowest BCUT2D eigenvalue weighted by Crippen LogP contribution is -2.33. The van der Waals surface area contributed by atoms with Crippen molar-refractivity contribution in [1.29, 1.82) is 5.26 Å². The Labute approximate surface area is 182 Å². The van der Waals surface area contributed by atoms with E-state index in [9.17, 15) is 14.9 Å². The molecule has 1 aliphatic heterocycles. The number of imide groups is 1. The Balaban J connectivity index is 1.54. The third-order valence-electron chi connectivity index (χ3n) is 8.22. The first-order valence-electron chi connectivity index (χ1n) is 11.2. The molecule has 4 nitrogen and oxygen atoms in total. The summed E-state index contributed by atoms with van der Waals surface area (Å²) in [5.74, 6) is 0.456. The van der Waals surface area contributed by atoms with Gasteiger partial charge in [0, 0.05) is 4.88 Å². The second kappa shape index (κ2) is 6.53. The van der Waals surface area contributed by atoms with Crippen molar-refractivity contribution >= 4 is 28.2 Å². The number of carbonyl (C=O) groups excluding carboxylic acids is 2. The Morgan fingerprint density at radius 3 is 2.17 bits per heavy atom. The fourth-order valence-corrected chi connectivity index (χ4v) is 8.16. The molecular formula is C25H30N2O2S. The summed E-state index contributed by atoms with van der Waals surface area (Å²) in [6.45, 7) is 11.0. The SMILES string of the molecule is CC(C)=C1[C@H]2CC[C@H]1[C@H]1C(=O)N(c3sc4c(c3C#N)CC[C@@H](C(C)(C)C)C4)C(=O)[C@H]12. The number of rotatable bonds is 1. The zero-order valence-electron chi connectivity index (χ0n) is 18.5. The number of amides is 2. The van der Waals surface area contributed by atoms with Crippen LogP contribution in [-0.2, 0) is 22.4 Å². The number of hydrogen-bond acceptors (Lipinski definition) is 4. The zero-order valence-corrected chi connectivity index (χ0v) is 19.4. The van der Waals surface area contributed by atoms with E-state index in [4.69, 9.17) is 0 Å². The number of anilines is 1. The summed E-state index contributed by atoms with van der Waals surface area (Å²) in [6, 6.07) is 2.36. The van der Waals surface area contributed by atoms with E-state index in [1.165, 1.54) is 32.3 Å². The van der Waals surface area contributed by atoms with Gasteiger partial charge >= 0.3 is 0 Å². The van der Waals surface area contributed by atoms with Crippen LogP contribution in [0.2, 0.25) is 0 Å². The molecule has 2 saturated carbocycles. The van der Waals surface area contributed by atoms with Crippen molar-refractivity contribution in [2.24, 2.45) is 35.0 Å². The third kappa shape index (κ3) is 2.56. The molecule has 1 aromatic heterocycles. The maximum atomic E-state index is 13.5. The third-order valence-corrected chi connectivity index (χ3v) is 9.46. The van der Waals surface area contributed by atoms with Gasteiger partial charge in [0.1, 0.15) is 11.1 Å². The van der Waals surface area contributed by atoms with Crippen LogP contribution in [0.3, 0.4) is 0 Å². The molecule has 158 valence electrons. The maximum absolute atomic E-state index is 13.5. The molecule has 1 aromatic rings. The Kier molecular flexibility index (Phi) is 4.35. The largest absolute Gasteiger partial charge is 0.274 e. The number of hydrogen-bond donors (Lipinski definition) is 0. The van der Waals surface area contributed by atoms with Gasteiger partial charge in [-0.25, -0.2) is 4.90 Å². The molecule has 1 saturated heterocycles. The molecule has 3 fully saturated rings. The van der Waals surface area contributed by atoms with E-state index in [1.807, 2.05) is 0 Å². The number of nitriles is 1. The highest BCUT2D eigenvalue weighted by molar-refractivity contribution is 7.17. The summed E-state index contributed by atoms with van der Waals surface area (Å²) < 4.78 is 0. The summed E-state index contributed by atoms with van der Waals surface area (Å²) in [6.07, 6.45) is 4.89. The first-order valence-corrected chi connectivity index (χ1v) is 12.1. The van der Waals surface area contributed by atoms with Crippen LogP contribution in [-0.4, -0.2) is 11.8 Å². The van der Waals surface area contributed by atoms with Crippen LogP contribution in [0, 0.1) is 46.3 Å². The average molecular weight is 423 g/mol. The van der Waals surface area contributed by atoms with Gasteiger partial charge in [0.05, 0.1) is 17.4 Å². The van der Waals surface area contributed by atoms with Gasteiger partial charge in [-0.1, -0.05) is 31.9 Å². The summed E-state index contributed by atoms with van der Waals surface area (Å²) >= 11 is 1.53. The highest BCUT2D eigenvalue weighted by Crippen LogP contribution is 2.61. The van der Waals surface area contributed by atoms with Crippen molar-refractivity contribution in [2.45, 2.75) is 66.7 Å². The number of thiophene rings is 1. The normalized spacial score (nSPS) is 32.5. The van der Waals surface area contributed by atoms with Crippen LogP contribution < -0.4 is 4.90 Å². The van der Waals surface area contributed by atoms with Gasteiger partial charge in [0.15, 0.2) is 0 Å². The predicted octanol–water partition coefficient (Wildman–Crippen LogP) is 5.25. The van der Waals surface area contributed by atoms with Gasteiger partial charge in [-0.3, -0.25) is 9.59 Å². The molecule has 2 bridgehead atoms. The van der Waals surface area contributed by atoms with Crippen LogP contribution in [0.1, 0.15) is 69.9 Å². The van der Waals surface area contributed by atoms with Crippen molar-refractivity contribution in [1.82, 2.24) is 0 Å². The summed E-state index contributed by atoms with van der Waals surface area (Å²) in [7, 11) is 0. The molecule has 5 atom stereocenters. The van der Waals surface area contributed by atoms with E-state index < -0.39 is 0 Å². The smallest absolute Gasteiger partial charge is 0.239 e. The first-order chi connectivity index (χ1) is 14.1. The summed E-state index contributed by atoms with van der Waals surface area (Å²) in [5, 5.41) is 10.6. The van der Waals surface area contributed by atoms with Crippen molar-refractivity contribution < 1.29 is 9.59 Å². The Hall–Kier alpha value is -1.93.